The molecule has 18 heavy (non-hydrogen) atoms. The zero-order valence-electron chi connectivity index (χ0n) is 10.00. The molecule has 2 aromatic rings. The molecule has 5 heteroatoms. The van der Waals surface area contributed by atoms with E-state index in [1.165, 1.54) is 0 Å². The molecule has 0 spiro atoms. The third kappa shape index (κ3) is 2.94. The van der Waals surface area contributed by atoms with Crippen molar-refractivity contribution >= 4 is 38.9 Å². The van der Waals surface area contributed by atoms with Gasteiger partial charge in [-0.25, -0.2) is 0 Å². The van der Waals surface area contributed by atoms with Crippen molar-refractivity contribution in [3.05, 3.63) is 45.7 Å². The van der Waals surface area contributed by atoms with Gasteiger partial charge in [-0.1, -0.05) is 11.6 Å². The maximum atomic E-state index is 5.97. The molecule has 2 rings (SSSR count). The van der Waals surface area contributed by atoms with Crippen LogP contribution in [0.25, 0.3) is 0 Å². The van der Waals surface area contributed by atoms with Crippen LogP contribution in [0.3, 0.4) is 0 Å². The summed E-state index contributed by atoms with van der Waals surface area (Å²) in [5, 5.41) is 3.83. The van der Waals surface area contributed by atoms with E-state index in [2.05, 4.69) is 26.2 Å². The van der Waals surface area contributed by atoms with Crippen molar-refractivity contribution in [1.29, 1.82) is 0 Å². The predicted octanol–water partition coefficient (Wildman–Crippen LogP) is 4.56. The van der Waals surface area contributed by atoms with Gasteiger partial charge in [-0.05, 0) is 41.1 Å². The molecule has 0 aliphatic carbocycles. The molecule has 0 atom stereocenters. The van der Waals surface area contributed by atoms with E-state index >= 15 is 0 Å². The quantitative estimate of drug-likeness (QED) is 0.897. The molecule has 1 aromatic heterocycles. The molecular formula is C13H12BrClN2O. The Labute approximate surface area is 119 Å². The van der Waals surface area contributed by atoms with Crippen molar-refractivity contribution < 1.29 is 4.74 Å². The molecular weight excluding hydrogens is 316 g/mol. The monoisotopic (exact) mass is 326 g/mol. The molecule has 1 heterocycles. The highest BCUT2D eigenvalue weighted by atomic mass is 79.9. The fraction of sp³-hybridized carbons (Fsp3) is 0.154. The SMILES string of the molecule is COc1cc(Nc2cnc(C)c(Br)c2)ccc1Cl. The van der Waals surface area contributed by atoms with Gasteiger partial charge < -0.3 is 10.1 Å². The summed E-state index contributed by atoms with van der Waals surface area (Å²) in [6, 6.07) is 7.50. The van der Waals surface area contributed by atoms with Crippen LogP contribution >= 0.6 is 27.5 Å². The van der Waals surface area contributed by atoms with Gasteiger partial charge in [0, 0.05) is 16.2 Å². The minimum Gasteiger partial charge on any atom is -0.495 e. The molecule has 0 saturated carbocycles. The van der Waals surface area contributed by atoms with E-state index in [1.807, 2.05) is 25.1 Å². The number of hydrogen-bond acceptors (Lipinski definition) is 3. The maximum absolute atomic E-state index is 5.97. The van der Waals surface area contributed by atoms with E-state index in [0.717, 1.165) is 21.5 Å². The number of benzene rings is 1. The second-order valence-electron chi connectivity index (χ2n) is 3.77. The molecule has 3 nitrogen and oxygen atoms in total. The van der Waals surface area contributed by atoms with Crippen LogP contribution in [0, 0.1) is 6.92 Å². The Bertz CT molecular complexity index is 575. The molecule has 1 N–H and O–H groups in total. The third-order valence-corrected chi connectivity index (χ3v) is 3.58. The largest absolute Gasteiger partial charge is 0.495 e. The van der Waals surface area contributed by atoms with E-state index in [-0.39, 0.29) is 0 Å². The number of nitrogens with zero attached hydrogens (tertiary/aromatic N) is 1. The van der Waals surface area contributed by atoms with Crippen LogP contribution in [0.5, 0.6) is 5.75 Å². The number of methoxy groups -OCH3 is 1. The number of aryl methyl sites for hydroxylation is 1. The lowest BCUT2D eigenvalue weighted by Crippen LogP contribution is -1.94. The second-order valence-corrected chi connectivity index (χ2v) is 5.03. The molecule has 0 aliphatic rings. The first-order valence-electron chi connectivity index (χ1n) is 5.33. The first-order chi connectivity index (χ1) is 8.60. The Kier molecular flexibility index (Phi) is 4.09. The van der Waals surface area contributed by atoms with Crippen molar-refractivity contribution in [3.63, 3.8) is 0 Å². The van der Waals surface area contributed by atoms with Gasteiger partial charge in [0.15, 0.2) is 0 Å². The number of anilines is 2. The van der Waals surface area contributed by atoms with Crippen LogP contribution in [0.15, 0.2) is 34.9 Å². The number of halogens is 2. The molecule has 94 valence electrons. The van der Waals surface area contributed by atoms with Crippen LogP contribution < -0.4 is 10.1 Å². The Morgan fingerprint density at radius 1 is 1.28 bits per heavy atom. The van der Waals surface area contributed by atoms with Crippen LogP contribution in [-0.2, 0) is 0 Å². The van der Waals surface area contributed by atoms with Gasteiger partial charge >= 0.3 is 0 Å². The summed E-state index contributed by atoms with van der Waals surface area (Å²) in [5.74, 6) is 0.640. The minimum absolute atomic E-state index is 0.589. The van der Waals surface area contributed by atoms with Crippen LogP contribution in [0.4, 0.5) is 11.4 Å². The molecule has 1 aromatic carbocycles. The fourth-order valence-corrected chi connectivity index (χ4v) is 2.02. The number of rotatable bonds is 3. The first-order valence-corrected chi connectivity index (χ1v) is 6.50. The zero-order valence-corrected chi connectivity index (χ0v) is 12.3. The lowest BCUT2D eigenvalue weighted by Gasteiger charge is -2.10. The van der Waals surface area contributed by atoms with Crippen LogP contribution in [-0.4, -0.2) is 12.1 Å². The van der Waals surface area contributed by atoms with Gasteiger partial charge in [0.2, 0.25) is 0 Å². The average Bonchev–Trinajstić information content (AvgIpc) is 2.36. The lowest BCUT2D eigenvalue weighted by atomic mass is 10.2. The number of pyridine rings is 1. The predicted molar refractivity (Wildman–Crippen MR) is 78.0 cm³/mol. The van der Waals surface area contributed by atoms with Gasteiger partial charge in [-0.15, -0.1) is 0 Å². The summed E-state index contributed by atoms with van der Waals surface area (Å²) in [6.07, 6.45) is 1.78. The maximum Gasteiger partial charge on any atom is 0.139 e. The Morgan fingerprint density at radius 2 is 2.06 bits per heavy atom. The normalized spacial score (nSPS) is 10.2. The molecule has 0 aliphatic heterocycles. The molecule has 0 bridgehead atoms. The van der Waals surface area contributed by atoms with Gasteiger partial charge in [0.25, 0.3) is 0 Å². The van der Waals surface area contributed by atoms with Gasteiger partial charge in [-0.2, -0.15) is 0 Å². The van der Waals surface area contributed by atoms with Crippen molar-refractivity contribution in [2.75, 3.05) is 12.4 Å². The van der Waals surface area contributed by atoms with Gasteiger partial charge in [0.1, 0.15) is 5.75 Å². The summed E-state index contributed by atoms with van der Waals surface area (Å²) in [4.78, 5) is 4.27. The fourth-order valence-electron chi connectivity index (χ4n) is 1.48. The van der Waals surface area contributed by atoms with Gasteiger partial charge in [0.05, 0.1) is 29.7 Å². The third-order valence-electron chi connectivity index (χ3n) is 2.46. The Morgan fingerprint density at radius 3 is 2.72 bits per heavy atom. The van der Waals surface area contributed by atoms with Gasteiger partial charge in [-0.3, -0.25) is 4.98 Å². The van der Waals surface area contributed by atoms with Crippen LogP contribution in [0.1, 0.15) is 5.69 Å². The minimum atomic E-state index is 0.589. The van der Waals surface area contributed by atoms with E-state index in [0.29, 0.717) is 10.8 Å². The Hall–Kier alpha value is -1.26. The summed E-state index contributed by atoms with van der Waals surface area (Å²) in [7, 11) is 1.59. The number of hydrogen-bond donors (Lipinski definition) is 1. The van der Waals surface area contributed by atoms with Crippen molar-refractivity contribution in [2.45, 2.75) is 6.92 Å². The van der Waals surface area contributed by atoms with Crippen molar-refractivity contribution in [3.8, 4) is 5.75 Å². The molecule has 0 radical (unpaired) electrons. The van der Waals surface area contributed by atoms with E-state index in [1.54, 1.807) is 19.4 Å². The zero-order chi connectivity index (χ0) is 13.1. The topological polar surface area (TPSA) is 34.1 Å². The van der Waals surface area contributed by atoms with E-state index in [4.69, 9.17) is 16.3 Å². The lowest BCUT2D eigenvalue weighted by molar-refractivity contribution is 0.415. The number of aromatic nitrogens is 1. The highest BCUT2D eigenvalue weighted by molar-refractivity contribution is 9.10. The average molecular weight is 328 g/mol. The van der Waals surface area contributed by atoms with E-state index in [9.17, 15) is 0 Å². The Balaban J connectivity index is 2.25. The smallest absolute Gasteiger partial charge is 0.139 e. The molecule has 0 fully saturated rings. The van der Waals surface area contributed by atoms with Crippen molar-refractivity contribution in [2.24, 2.45) is 0 Å². The number of nitrogens with one attached hydrogen (secondary N) is 1. The molecule has 0 amide bonds. The van der Waals surface area contributed by atoms with Crippen LogP contribution in [0.2, 0.25) is 5.02 Å². The summed E-state index contributed by atoms with van der Waals surface area (Å²) in [5.41, 5.74) is 2.75. The second kappa shape index (κ2) is 5.59. The highest BCUT2D eigenvalue weighted by Gasteiger charge is 2.03. The highest BCUT2D eigenvalue weighted by Crippen LogP contribution is 2.29. The summed E-state index contributed by atoms with van der Waals surface area (Å²) in [6.45, 7) is 1.94. The first kappa shape index (κ1) is 13.2. The summed E-state index contributed by atoms with van der Waals surface area (Å²) >= 11 is 9.42. The van der Waals surface area contributed by atoms with Crippen molar-refractivity contribution in [1.82, 2.24) is 4.98 Å². The number of ether oxygens (including phenoxy) is 1. The molecule has 0 unspecified atom stereocenters. The molecule has 0 saturated heterocycles. The standard InChI is InChI=1S/C13H12BrClN2O/c1-8-11(14)5-10(7-16-8)17-9-3-4-12(15)13(6-9)18-2/h3-7,17H,1-2H3. The summed E-state index contributed by atoms with van der Waals surface area (Å²) < 4.78 is 6.14. The van der Waals surface area contributed by atoms with E-state index < -0.39 is 0 Å².